The van der Waals surface area contributed by atoms with Crippen LogP contribution in [0.5, 0.6) is 0 Å². The molecule has 7 nitrogen and oxygen atoms in total. The number of para-hydroxylation sites is 4. The summed E-state index contributed by atoms with van der Waals surface area (Å²) in [5, 5.41) is 3.68. The molecule has 4 heterocycles. The first-order chi connectivity index (χ1) is 23.2. The summed E-state index contributed by atoms with van der Waals surface area (Å²) in [6.07, 6.45) is 0. The van der Waals surface area contributed by atoms with Crippen LogP contribution in [0.25, 0.3) is 83.3 Å². The van der Waals surface area contributed by atoms with Crippen LogP contribution in [0.1, 0.15) is 0 Å². The van der Waals surface area contributed by atoms with Gasteiger partial charge in [-0.25, -0.2) is 19.4 Å². The maximum atomic E-state index is 14.2. The largest absolute Gasteiger partial charge is 0.279 e. The predicted octanol–water partition coefficient (Wildman–Crippen LogP) is 8.50. The molecule has 0 radical (unpaired) electrons. The van der Waals surface area contributed by atoms with Gasteiger partial charge < -0.3 is 0 Å². The number of rotatable bonds is 3. The van der Waals surface area contributed by atoms with Crippen molar-refractivity contribution in [2.24, 2.45) is 0 Å². The highest BCUT2D eigenvalue weighted by atomic mass is 16.1. The number of aromatic nitrogens is 6. The van der Waals surface area contributed by atoms with E-state index in [1.165, 1.54) is 0 Å². The molecule has 0 aliphatic rings. The number of imidazole rings is 1. The van der Waals surface area contributed by atoms with Crippen LogP contribution in [-0.2, 0) is 0 Å². The van der Waals surface area contributed by atoms with Crippen LogP contribution in [0.2, 0.25) is 0 Å². The monoisotopic (exact) mass is 604 g/mol. The maximum Gasteiger partial charge on any atom is 0.267 e. The van der Waals surface area contributed by atoms with Crippen LogP contribution < -0.4 is 5.56 Å². The van der Waals surface area contributed by atoms with Gasteiger partial charge in [-0.2, -0.15) is 0 Å². The van der Waals surface area contributed by atoms with Crippen molar-refractivity contribution in [3.63, 3.8) is 0 Å². The first-order valence-corrected chi connectivity index (χ1v) is 15.5. The van der Waals surface area contributed by atoms with Gasteiger partial charge in [0.2, 0.25) is 11.7 Å². The summed E-state index contributed by atoms with van der Waals surface area (Å²) in [4.78, 5) is 29.7. The Bertz CT molecular complexity index is 2920. The molecule has 47 heavy (non-hydrogen) atoms. The molecule has 10 rings (SSSR count). The van der Waals surface area contributed by atoms with Crippen LogP contribution in [0.4, 0.5) is 0 Å². The summed E-state index contributed by atoms with van der Waals surface area (Å²) in [7, 11) is 0. The zero-order valence-electron chi connectivity index (χ0n) is 24.9. The number of hydrogen-bond acceptors (Lipinski definition) is 4. The fourth-order valence-electron chi connectivity index (χ4n) is 6.98. The smallest absolute Gasteiger partial charge is 0.267 e. The van der Waals surface area contributed by atoms with Gasteiger partial charge >= 0.3 is 0 Å². The lowest BCUT2D eigenvalue weighted by Crippen LogP contribution is -2.18. The number of benzene rings is 6. The molecule has 0 bridgehead atoms. The SMILES string of the molecule is O=c1c2ccccc2n(-c2ccccc2)c2nc3cc4c5ccccc5n(-c5nc(-c6ccccc6)c6ccccc6n5)c4cc3n12. The molecule has 0 unspecified atom stereocenters. The molecule has 0 spiro atoms. The van der Waals surface area contributed by atoms with Crippen LogP contribution in [-0.4, -0.2) is 28.5 Å². The Morgan fingerprint density at radius 2 is 1.09 bits per heavy atom. The first-order valence-electron chi connectivity index (χ1n) is 15.5. The Morgan fingerprint density at radius 3 is 1.87 bits per heavy atom. The van der Waals surface area contributed by atoms with Gasteiger partial charge in [0.25, 0.3) is 5.56 Å². The number of fused-ring (bicyclic) bond motifs is 8. The summed E-state index contributed by atoms with van der Waals surface area (Å²) >= 11 is 0. The first kappa shape index (κ1) is 25.7. The molecule has 4 aromatic heterocycles. The van der Waals surface area contributed by atoms with E-state index < -0.39 is 0 Å². The van der Waals surface area contributed by atoms with Crippen molar-refractivity contribution < 1.29 is 0 Å². The maximum absolute atomic E-state index is 14.2. The summed E-state index contributed by atoms with van der Waals surface area (Å²) in [6.45, 7) is 0. The van der Waals surface area contributed by atoms with Gasteiger partial charge in [0, 0.05) is 27.4 Å². The summed E-state index contributed by atoms with van der Waals surface area (Å²) in [6, 6.07) is 48.6. The topological polar surface area (TPSA) is 70.0 Å². The van der Waals surface area contributed by atoms with Gasteiger partial charge in [-0.3, -0.25) is 13.9 Å². The van der Waals surface area contributed by atoms with Crippen molar-refractivity contribution in [2.75, 3.05) is 0 Å². The molecule has 6 aromatic carbocycles. The summed E-state index contributed by atoms with van der Waals surface area (Å²) < 4.78 is 5.91. The Labute approximate surface area is 267 Å². The molecule has 0 aliphatic carbocycles. The van der Waals surface area contributed by atoms with Gasteiger partial charge in [0.05, 0.1) is 44.2 Å². The lowest BCUT2D eigenvalue weighted by molar-refractivity contribution is 1.01. The van der Waals surface area contributed by atoms with Crippen molar-refractivity contribution in [1.82, 2.24) is 28.5 Å². The van der Waals surface area contributed by atoms with E-state index in [-0.39, 0.29) is 5.56 Å². The van der Waals surface area contributed by atoms with Crippen molar-refractivity contribution >= 4 is 60.4 Å². The lowest BCUT2D eigenvalue weighted by atomic mass is 10.1. The molecule has 0 amide bonds. The Morgan fingerprint density at radius 1 is 0.447 bits per heavy atom. The van der Waals surface area contributed by atoms with Gasteiger partial charge in [-0.1, -0.05) is 97.1 Å². The van der Waals surface area contributed by atoms with Gasteiger partial charge in [0.15, 0.2) is 0 Å². The minimum absolute atomic E-state index is 0.111. The molecule has 0 aliphatic heterocycles. The molecular formula is C40H24N6O. The second-order valence-corrected chi connectivity index (χ2v) is 11.7. The Balaban J connectivity index is 1.35. The van der Waals surface area contributed by atoms with E-state index in [1.54, 1.807) is 4.40 Å². The minimum Gasteiger partial charge on any atom is -0.279 e. The fraction of sp³-hybridized carbons (Fsp3) is 0. The van der Waals surface area contributed by atoms with E-state index in [2.05, 4.69) is 51.6 Å². The second-order valence-electron chi connectivity index (χ2n) is 11.7. The van der Waals surface area contributed by atoms with Crippen LogP contribution >= 0.6 is 0 Å². The highest BCUT2D eigenvalue weighted by Crippen LogP contribution is 2.36. The molecule has 0 saturated heterocycles. The molecule has 10 aromatic rings. The fourth-order valence-corrected chi connectivity index (χ4v) is 6.98. The quantitative estimate of drug-likeness (QED) is 0.203. The standard InChI is InChI=1S/C40H24N6O/c47-38-29-19-9-12-22-34(29)44(26-15-5-2-6-16-26)40-42-32-23-30-27-17-8-11-21-33(27)45(35(30)24-36(32)46(38)40)39-41-31-20-10-7-18-28(31)37(43-39)25-13-3-1-4-14-25/h1-24H. The lowest BCUT2D eigenvalue weighted by Gasteiger charge is -2.13. The molecule has 0 fully saturated rings. The van der Waals surface area contributed by atoms with Crippen molar-refractivity contribution in [2.45, 2.75) is 0 Å². The van der Waals surface area contributed by atoms with Crippen molar-refractivity contribution in [1.29, 1.82) is 0 Å². The molecule has 7 heteroatoms. The van der Waals surface area contributed by atoms with Crippen molar-refractivity contribution in [3.05, 3.63) is 156 Å². The highest BCUT2D eigenvalue weighted by molar-refractivity contribution is 6.13. The summed E-state index contributed by atoms with van der Waals surface area (Å²) in [5.41, 5.74) is 7.71. The predicted molar refractivity (Wildman–Crippen MR) is 189 cm³/mol. The van der Waals surface area contributed by atoms with Crippen LogP contribution in [0.15, 0.2) is 150 Å². The van der Waals surface area contributed by atoms with E-state index in [9.17, 15) is 4.79 Å². The zero-order valence-corrected chi connectivity index (χ0v) is 24.9. The summed E-state index contributed by atoms with van der Waals surface area (Å²) in [5.74, 6) is 1.13. The zero-order chi connectivity index (χ0) is 31.1. The molecule has 0 atom stereocenters. The number of nitrogens with zero attached hydrogens (tertiary/aromatic N) is 6. The minimum atomic E-state index is -0.111. The van der Waals surface area contributed by atoms with Gasteiger partial charge in [-0.05, 0) is 48.5 Å². The normalized spacial score (nSPS) is 11.9. The highest BCUT2D eigenvalue weighted by Gasteiger charge is 2.21. The van der Waals surface area contributed by atoms with E-state index >= 15 is 0 Å². The van der Waals surface area contributed by atoms with E-state index in [1.807, 2.05) is 103 Å². The van der Waals surface area contributed by atoms with E-state index in [0.29, 0.717) is 17.1 Å². The van der Waals surface area contributed by atoms with Gasteiger partial charge in [-0.15, -0.1) is 0 Å². The Kier molecular flexibility index (Phi) is 5.30. The van der Waals surface area contributed by atoms with Crippen LogP contribution in [0, 0.1) is 0 Å². The third kappa shape index (κ3) is 3.68. The van der Waals surface area contributed by atoms with E-state index in [0.717, 1.165) is 66.2 Å². The molecule has 0 N–H and O–H groups in total. The molecule has 0 saturated carbocycles. The number of hydrogen-bond donors (Lipinski definition) is 0. The van der Waals surface area contributed by atoms with Crippen LogP contribution in [0.3, 0.4) is 0 Å². The second kappa shape index (κ2) is 9.70. The third-order valence-electron chi connectivity index (χ3n) is 9.06. The van der Waals surface area contributed by atoms with Crippen molar-refractivity contribution in [3.8, 4) is 22.9 Å². The average Bonchev–Trinajstić information content (AvgIpc) is 3.66. The third-order valence-corrected chi connectivity index (χ3v) is 9.06. The molecule has 220 valence electrons. The Hall–Kier alpha value is -6.60. The molecular weight excluding hydrogens is 580 g/mol. The average molecular weight is 605 g/mol. The van der Waals surface area contributed by atoms with E-state index in [4.69, 9.17) is 15.0 Å². The van der Waals surface area contributed by atoms with Gasteiger partial charge in [0.1, 0.15) is 0 Å².